The SMILES string of the molecule is CO[C@H]1CCOCC1c1cc(OC[C@@H](C)O[Si](C)(C)C(C)(C)C)cc(-c2c[nH]c3cnc(NC(C)=O)cc23)n1. The molecule has 0 aliphatic carbocycles. The second kappa shape index (κ2) is 11.8. The summed E-state index contributed by atoms with van der Waals surface area (Å²) in [4.78, 5) is 24.3. The van der Waals surface area contributed by atoms with Crippen molar-refractivity contribution < 1.29 is 23.4 Å². The van der Waals surface area contributed by atoms with Crippen LogP contribution in [0.5, 0.6) is 5.75 Å². The number of H-pyrrole nitrogens is 1. The minimum Gasteiger partial charge on any atom is -0.491 e. The molecule has 1 fully saturated rings. The molecule has 1 amide bonds. The minimum absolute atomic E-state index is 0.00808. The number of rotatable bonds is 9. The van der Waals surface area contributed by atoms with Crippen LogP contribution >= 0.6 is 0 Å². The van der Waals surface area contributed by atoms with E-state index < -0.39 is 8.32 Å². The highest BCUT2D eigenvalue weighted by atomic mass is 28.4. The first-order valence-corrected chi connectivity index (χ1v) is 16.5. The highest BCUT2D eigenvalue weighted by molar-refractivity contribution is 6.74. The number of nitrogens with zero attached hydrogens (tertiary/aromatic N) is 2. The zero-order valence-corrected chi connectivity index (χ0v) is 25.4. The van der Waals surface area contributed by atoms with Gasteiger partial charge < -0.3 is 28.9 Å². The lowest BCUT2D eigenvalue weighted by Gasteiger charge is -2.38. The van der Waals surface area contributed by atoms with Crippen molar-refractivity contribution in [3.05, 3.63) is 36.3 Å². The third-order valence-electron chi connectivity index (χ3n) is 7.73. The number of pyridine rings is 2. The predicted molar refractivity (Wildman–Crippen MR) is 156 cm³/mol. The molecule has 3 atom stereocenters. The molecule has 1 aliphatic heterocycles. The molecule has 0 radical (unpaired) electrons. The van der Waals surface area contributed by atoms with Gasteiger partial charge in [0.2, 0.25) is 5.91 Å². The molecule has 39 heavy (non-hydrogen) atoms. The highest BCUT2D eigenvalue weighted by Gasteiger charge is 2.38. The molecule has 0 spiro atoms. The summed E-state index contributed by atoms with van der Waals surface area (Å²) in [5, 5.41) is 3.79. The lowest BCUT2D eigenvalue weighted by molar-refractivity contribution is -0.114. The van der Waals surface area contributed by atoms with Crippen LogP contribution in [-0.4, -0.2) is 68.3 Å². The van der Waals surface area contributed by atoms with Gasteiger partial charge in [-0.25, -0.2) is 4.98 Å². The predicted octanol–water partition coefficient (Wildman–Crippen LogP) is 5.89. The smallest absolute Gasteiger partial charge is 0.222 e. The number of fused-ring (bicyclic) bond motifs is 1. The van der Waals surface area contributed by atoms with Gasteiger partial charge in [-0.05, 0) is 37.5 Å². The summed E-state index contributed by atoms with van der Waals surface area (Å²) in [6.07, 6.45) is 4.37. The number of aromatic amines is 1. The Balaban J connectivity index is 1.69. The van der Waals surface area contributed by atoms with Crippen LogP contribution in [0.2, 0.25) is 18.1 Å². The fraction of sp³-hybridized carbons (Fsp3) is 0.552. The molecular formula is C29H42N4O5Si. The van der Waals surface area contributed by atoms with Crippen molar-refractivity contribution in [1.82, 2.24) is 15.0 Å². The summed E-state index contributed by atoms with van der Waals surface area (Å²) in [7, 11) is -0.189. The first-order chi connectivity index (χ1) is 18.4. The molecule has 4 rings (SSSR count). The number of nitrogens with one attached hydrogen (secondary N) is 2. The largest absolute Gasteiger partial charge is 0.491 e. The maximum Gasteiger partial charge on any atom is 0.222 e. The number of amides is 1. The minimum atomic E-state index is -1.93. The van der Waals surface area contributed by atoms with Gasteiger partial charge >= 0.3 is 0 Å². The number of carbonyl (C=O) groups is 1. The van der Waals surface area contributed by atoms with Crippen molar-refractivity contribution in [2.24, 2.45) is 0 Å². The van der Waals surface area contributed by atoms with Crippen molar-refractivity contribution in [2.45, 2.75) is 77.3 Å². The van der Waals surface area contributed by atoms with Crippen LogP contribution < -0.4 is 10.1 Å². The van der Waals surface area contributed by atoms with Crippen LogP contribution in [0.4, 0.5) is 5.82 Å². The molecule has 0 saturated carbocycles. The third kappa shape index (κ3) is 6.86. The maximum absolute atomic E-state index is 11.6. The molecule has 4 heterocycles. The van der Waals surface area contributed by atoms with Crippen LogP contribution in [-0.2, 0) is 18.7 Å². The zero-order chi connectivity index (χ0) is 28.4. The topological polar surface area (TPSA) is 108 Å². The summed E-state index contributed by atoms with van der Waals surface area (Å²) in [5.41, 5.74) is 3.35. The van der Waals surface area contributed by atoms with E-state index in [-0.39, 0.29) is 29.1 Å². The lowest BCUT2D eigenvalue weighted by atomic mass is 9.94. The van der Waals surface area contributed by atoms with Crippen molar-refractivity contribution >= 4 is 30.9 Å². The van der Waals surface area contributed by atoms with E-state index in [0.29, 0.717) is 31.4 Å². The molecule has 1 saturated heterocycles. The normalized spacial score (nSPS) is 19.2. The molecule has 212 valence electrons. The fourth-order valence-corrected chi connectivity index (χ4v) is 6.05. The molecule has 0 bridgehead atoms. The van der Waals surface area contributed by atoms with Crippen molar-refractivity contribution in [3.8, 4) is 17.0 Å². The van der Waals surface area contributed by atoms with Gasteiger partial charge in [0, 0.05) is 49.9 Å². The van der Waals surface area contributed by atoms with Crippen LogP contribution in [0, 0.1) is 0 Å². The molecule has 0 aromatic carbocycles. The van der Waals surface area contributed by atoms with E-state index in [2.05, 4.69) is 56.1 Å². The van der Waals surface area contributed by atoms with Gasteiger partial charge in [0.25, 0.3) is 0 Å². The number of hydrogen-bond donors (Lipinski definition) is 2. The van der Waals surface area contributed by atoms with Crippen LogP contribution in [0.3, 0.4) is 0 Å². The van der Waals surface area contributed by atoms with Crippen molar-refractivity contribution in [3.63, 3.8) is 0 Å². The average Bonchev–Trinajstić information content (AvgIpc) is 3.29. The number of carbonyl (C=O) groups excluding carboxylic acids is 1. The zero-order valence-electron chi connectivity index (χ0n) is 24.4. The van der Waals surface area contributed by atoms with Gasteiger partial charge in [-0.1, -0.05) is 20.8 Å². The molecule has 3 aromatic heterocycles. The van der Waals surface area contributed by atoms with Crippen LogP contribution in [0.1, 0.15) is 52.7 Å². The van der Waals surface area contributed by atoms with E-state index in [1.54, 1.807) is 13.3 Å². The second-order valence-corrected chi connectivity index (χ2v) is 16.6. The summed E-state index contributed by atoms with van der Waals surface area (Å²) in [5.74, 6) is 1.01. The van der Waals surface area contributed by atoms with Gasteiger partial charge in [-0.3, -0.25) is 9.78 Å². The Bertz CT molecular complexity index is 1300. The summed E-state index contributed by atoms with van der Waals surface area (Å²) in [6.45, 7) is 16.4. The lowest BCUT2D eigenvalue weighted by Crippen LogP contribution is -2.44. The van der Waals surface area contributed by atoms with Crippen molar-refractivity contribution in [1.29, 1.82) is 0 Å². The summed E-state index contributed by atoms with van der Waals surface area (Å²) < 4.78 is 24.5. The van der Waals surface area contributed by atoms with E-state index in [4.69, 9.17) is 23.6 Å². The standard InChI is InChI=1S/C29H42N4O5Si/c1-18(38-39(7,8)29(3,4)5)16-37-20-11-24(33-25(12-20)23-17-36-10-9-27(23)35-6)22-14-30-26-15-31-28(13-21(22)26)32-19(2)34/h11-15,18,23,27,30H,9-10,16-17H2,1-8H3,(H,31,32,34)/t18-,23?,27+/m1/s1. The van der Waals surface area contributed by atoms with Crippen molar-refractivity contribution in [2.75, 3.05) is 32.2 Å². The highest BCUT2D eigenvalue weighted by Crippen LogP contribution is 2.38. The van der Waals surface area contributed by atoms with Crippen LogP contribution in [0.25, 0.3) is 22.2 Å². The van der Waals surface area contributed by atoms with Gasteiger partial charge in [0.05, 0.1) is 47.8 Å². The molecule has 1 unspecified atom stereocenters. The maximum atomic E-state index is 11.6. The number of aromatic nitrogens is 3. The number of anilines is 1. The quantitative estimate of drug-likeness (QED) is 0.318. The van der Waals surface area contributed by atoms with Gasteiger partial charge in [-0.2, -0.15) is 0 Å². The van der Waals surface area contributed by atoms with E-state index in [0.717, 1.165) is 34.3 Å². The van der Waals surface area contributed by atoms with Gasteiger partial charge in [0.15, 0.2) is 8.32 Å². The van der Waals surface area contributed by atoms with E-state index >= 15 is 0 Å². The Hall–Kier alpha value is -2.79. The second-order valence-electron chi connectivity index (χ2n) is 11.9. The first kappa shape index (κ1) is 29.2. The van der Waals surface area contributed by atoms with Gasteiger partial charge in [-0.15, -0.1) is 0 Å². The Morgan fingerprint density at radius 2 is 2.05 bits per heavy atom. The Labute approximate surface area is 232 Å². The third-order valence-corrected chi connectivity index (χ3v) is 12.3. The molecule has 1 aliphatic rings. The Morgan fingerprint density at radius 1 is 1.28 bits per heavy atom. The van der Waals surface area contributed by atoms with E-state index in [1.165, 1.54) is 6.92 Å². The Kier molecular flexibility index (Phi) is 8.80. The summed E-state index contributed by atoms with van der Waals surface area (Å²) >= 11 is 0. The fourth-order valence-electron chi connectivity index (χ4n) is 4.62. The molecule has 3 aromatic rings. The molecular weight excluding hydrogens is 512 g/mol. The molecule has 10 heteroatoms. The monoisotopic (exact) mass is 554 g/mol. The molecule has 9 nitrogen and oxygen atoms in total. The number of methoxy groups -OCH3 is 1. The van der Waals surface area contributed by atoms with E-state index in [1.807, 2.05) is 24.4 Å². The van der Waals surface area contributed by atoms with Crippen LogP contribution in [0.15, 0.2) is 30.6 Å². The molecule has 2 N–H and O–H groups in total. The average molecular weight is 555 g/mol. The summed E-state index contributed by atoms with van der Waals surface area (Å²) in [6, 6.07) is 5.80. The number of hydrogen-bond acceptors (Lipinski definition) is 7. The van der Waals surface area contributed by atoms with E-state index in [9.17, 15) is 4.79 Å². The van der Waals surface area contributed by atoms with Gasteiger partial charge in [0.1, 0.15) is 18.2 Å². The first-order valence-electron chi connectivity index (χ1n) is 13.6. The Morgan fingerprint density at radius 3 is 2.74 bits per heavy atom. The number of ether oxygens (including phenoxy) is 3.